The van der Waals surface area contributed by atoms with Gasteiger partial charge in [0.05, 0.1) is 17.6 Å². The summed E-state index contributed by atoms with van der Waals surface area (Å²) in [5, 5.41) is 2.57. The zero-order valence-electron chi connectivity index (χ0n) is 13.2. The van der Waals surface area contributed by atoms with Crippen molar-refractivity contribution in [3.8, 4) is 0 Å². The fourth-order valence-electron chi connectivity index (χ4n) is 2.41. The van der Waals surface area contributed by atoms with Gasteiger partial charge in [0.1, 0.15) is 0 Å². The summed E-state index contributed by atoms with van der Waals surface area (Å²) in [6, 6.07) is 5.47. The largest absolute Gasteiger partial charge is 0.416 e. The van der Waals surface area contributed by atoms with Crippen molar-refractivity contribution in [3.63, 3.8) is 0 Å². The van der Waals surface area contributed by atoms with Crippen LogP contribution in [0.25, 0.3) is 0 Å². The minimum Gasteiger partial charge on any atom is -0.350 e. The molecule has 132 valence electrons. The number of rotatable bonds is 5. The van der Waals surface area contributed by atoms with E-state index < -0.39 is 17.6 Å². The van der Waals surface area contributed by atoms with Crippen LogP contribution in [0.1, 0.15) is 40.4 Å². The van der Waals surface area contributed by atoms with E-state index in [9.17, 15) is 22.8 Å². The second-order valence-electron chi connectivity index (χ2n) is 5.95. The number of hydrogen-bond acceptors (Lipinski definition) is 3. The van der Waals surface area contributed by atoms with Crippen LogP contribution in [0.4, 0.5) is 13.2 Å². The number of amides is 1. The highest BCUT2D eigenvalue weighted by Crippen LogP contribution is 2.38. The highest BCUT2D eigenvalue weighted by atomic mass is 19.4. The first-order valence-corrected chi connectivity index (χ1v) is 7.86. The Morgan fingerprint density at radius 3 is 2.48 bits per heavy atom. The number of hydrogen-bond donors (Lipinski definition) is 1. The summed E-state index contributed by atoms with van der Waals surface area (Å²) in [4.78, 5) is 28.1. The van der Waals surface area contributed by atoms with E-state index in [2.05, 4.69) is 10.3 Å². The molecule has 1 aromatic heterocycles. The van der Waals surface area contributed by atoms with Crippen LogP contribution in [0.2, 0.25) is 0 Å². The molecule has 0 unspecified atom stereocenters. The third-order valence-corrected chi connectivity index (χ3v) is 4.01. The van der Waals surface area contributed by atoms with Gasteiger partial charge in [0.25, 0.3) is 11.5 Å². The molecule has 1 fully saturated rings. The molecular formula is C17H16F3N3O2. The minimum atomic E-state index is -4.43. The van der Waals surface area contributed by atoms with E-state index in [0.717, 1.165) is 42.8 Å². The van der Waals surface area contributed by atoms with Crippen molar-refractivity contribution in [2.45, 2.75) is 31.5 Å². The van der Waals surface area contributed by atoms with Crippen LogP contribution in [0.15, 0.2) is 41.5 Å². The van der Waals surface area contributed by atoms with Gasteiger partial charge in [-0.15, -0.1) is 0 Å². The highest BCUT2D eigenvalue weighted by molar-refractivity contribution is 5.94. The summed E-state index contributed by atoms with van der Waals surface area (Å²) >= 11 is 0. The molecule has 25 heavy (non-hydrogen) atoms. The number of carbonyl (C=O) groups is 1. The fraction of sp³-hybridized carbons (Fsp3) is 0.353. The molecule has 1 N–H and O–H groups in total. The van der Waals surface area contributed by atoms with Crippen LogP contribution >= 0.6 is 0 Å². The Balaban J connectivity index is 1.55. The van der Waals surface area contributed by atoms with Crippen molar-refractivity contribution in [1.29, 1.82) is 0 Å². The Hall–Kier alpha value is -2.64. The number of nitrogens with one attached hydrogen (secondary N) is 1. The zero-order valence-corrected chi connectivity index (χ0v) is 13.2. The first-order chi connectivity index (χ1) is 11.8. The number of aromatic nitrogens is 2. The lowest BCUT2D eigenvalue weighted by molar-refractivity contribution is -0.137. The van der Waals surface area contributed by atoms with E-state index in [1.165, 1.54) is 17.0 Å². The summed E-state index contributed by atoms with van der Waals surface area (Å²) in [6.45, 7) is 0.410. The van der Waals surface area contributed by atoms with Crippen LogP contribution in [0.5, 0.6) is 0 Å². The van der Waals surface area contributed by atoms with Crippen molar-refractivity contribution in [1.82, 2.24) is 14.9 Å². The first-order valence-electron chi connectivity index (χ1n) is 7.86. The topological polar surface area (TPSA) is 64.0 Å². The molecule has 1 aliphatic rings. The molecule has 1 heterocycles. The van der Waals surface area contributed by atoms with Gasteiger partial charge < -0.3 is 5.32 Å². The maximum atomic E-state index is 12.5. The van der Waals surface area contributed by atoms with E-state index in [1.807, 2.05) is 0 Å². The number of benzene rings is 1. The van der Waals surface area contributed by atoms with Gasteiger partial charge in [0.15, 0.2) is 0 Å². The Morgan fingerprint density at radius 2 is 1.92 bits per heavy atom. The molecular weight excluding hydrogens is 335 g/mol. The number of halogens is 3. The van der Waals surface area contributed by atoms with Crippen molar-refractivity contribution >= 4 is 5.91 Å². The van der Waals surface area contributed by atoms with Gasteiger partial charge in [-0.25, -0.2) is 4.98 Å². The number of alkyl halides is 3. The Labute approximate surface area is 141 Å². The second-order valence-corrected chi connectivity index (χ2v) is 5.95. The lowest BCUT2D eigenvalue weighted by atomic mass is 10.1. The van der Waals surface area contributed by atoms with Crippen molar-refractivity contribution in [2.75, 3.05) is 6.54 Å². The number of carbonyl (C=O) groups excluding carboxylic acids is 1. The normalized spacial score (nSPS) is 14.4. The molecule has 3 rings (SSSR count). The summed E-state index contributed by atoms with van der Waals surface area (Å²) in [5.74, 6) is -0.106. The molecule has 1 aliphatic carbocycles. The minimum absolute atomic E-state index is 0.127. The molecule has 0 bridgehead atoms. The van der Waals surface area contributed by atoms with E-state index >= 15 is 0 Å². The van der Waals surface area contributed by atoms with Gasteiger partial charge in [-0.05, 0) is 37.1 Å². The third-order valence-electron chi connectivity index (χ3n) is 4.01. The van der Waals surface area contributed by atoms with Gasteiger partial charge in [-0.1, -0.05) is 0 Å². The molecule has 1 amide bonds. The predicted molar refractivity (Wildman–Crippen MR) is 84.2 cm³/mol. The van der Waals surface area contributed by atoms with Crippen molar-refractivity contribution in [2.24, 2.45) is 0 Å². The molecule has 0 spiro atoms. The van der Waals surface area contributed by atoms with E-state index in [-0.39, 0.29) is 24.2 Å². The molecule has 8 heteroatoms. The highest BCUT2D eigenvalue weighted by Gasteiger charge is 2.30. The predicted octanol–water partition coefficient (Wildman–Crippen LogP) is 2.57. The smallest absolute Gasteiger partial charge is 0.350 e. The molecule has 2 aromatic rings. The fourth-order valence-corrected chi connectivity index (χ4v) is 2.41. The van der Waals surface area contributed by atoms with Crippen LogP contribution in [0, 0.1) is 0 Å². The molecule has 0 saturated heterocycles. The second kappa shape index (κ2) is 6.70. The van der Waals surface area contributed by atoms with Gasteiger partial charge in [-0.2, -0.15) is 13.2 Å². The quantitative estimate of drug-likeness (QED) is 0.901. The summed E-state index contributed by atoms with van der Waals surface area (Å²) in [5.41, 5.74) is -0.0595. The summed E-state index contributed by atoms with van der Waals surface area (Å²) in [6.07, 6.45) is -0.866. The van der Waals surface area contributed by atoms with Gasteiger partial charge in [0.2, 0.25) is 0 Å². The van der Waals surface area contributed by atoms with Crippen LogP contribution in [-0.4, -0.2) is 22.0 Å². The molecule has 0 aliphatic heterocycles. The Morgan fingerprint density at radius 1 is 1.24 bits per heavy atom. The Bertz CT molecular complexity index is 824. The van der Waals surface area contributed by atoms with Crippen molar-refractivity contribution in [3.05, 3.63) is 63.8 Å². The van der Waals surface area contributed by atoms with E-state index in [0.29, 0.717) is 5.92 Å². The first kappa shape index (κ1) is 17.2. The lowest BCUT2D eigenvalue weighted by Gasteiger charge is -2.09. The van der Waals surface area contributed by atoms with Crippen molar-refractivity contribution < 1.29 is 18.0 Å². The monoisotopic (exact) mass is 351 g/mol. The van der Waals surface area contributed by atoms with Crippen LogP contribution in [0.3, 0.4) is 0 Å². The Kier molecular flexibility index (Phi) is 4.61. The lowest BCUT2D eigenvalue weighted by Crippen LogP contribution is -2.31. The van der Waals surface area contributed by atoms with Gasteiger partial charge in [-0.3, -0.25) is 14.2 Å². The van der Waals surface area contributed by atoms with E-state index in [4.69, 9.17) is 0 Å². The van der Waals surface area contributed by atoms with Gasteiger partial charge in [0, 0.05) is 30.6 Å². The summed E-state index contributed by atoms with van der Waals surface area (Å²) in [7, 11) is 0. The molecule has 5 nitrogen and oxygen atoms in total. The average molecular weight is 351 g/mol. The summed E-state index contributed by atoms with van der Waals surface area (Å²) < 4.78 is 38.9. The molecule has 1 saturated carbocycles. The van der Waals surface area contributed by atoms with Gasteiger partial charge >= 0.3 is 6.18 Å². The molecule has 0 atom stereocenters. The molecule has 0 radical (unpaired) electrons. The SMILES string of the molecule is O=C(NCCn1cnc(C2CC2)cc1=O)c1ccc(C(F)(F)F)cc1. The maximum Gasteiger partial charge on any atom is 0.416 e. The molecule has 1 aromatic carbocycles. The number of nitrogens with zero attached hydrogens (tertiary/aromatic N) is 2. The third kappa shape index (κ3) is 4.26. The standard InChI is InChI=1S/C17H16F3N3O2/c18-17(19,20)13-5-3-12(4-6-13)16(25)21-7-8-23-10-22-14(9-15(23)24)11-1-2-11/h3-6,9-11H,1-2,7-8H2,(H,21,25). The van der Waals surface area contributed by atoms with Crippen LogP contribution < -0.4 is 10.9 Å². The zero-order chi connectivity index (χ0) is 18.0. The van der Waals surface area contributed by atoms with E-state index in [1.54, 1.807) is 0 Å². The van der Waals surface area contributed by atoms with Crippen LogP contribution in [-0.2, 0) is 12.7 Å². The maximum absolute atomic E-state index is 12.5. The average Bonchev–Trinajstić information content (AvgIpc) is 3.40.